The van der Waals surface area contributed by atoms with Crippen LogP contribution < -0.4 is 14.8 Å². The molecule has 5 heteroatoms. The van der Waals surface area contributed by atoms with E-state index in [2.05, 4.69) is 5.32 Å². The Kier molecular flexibility index (Phi) is 6.41. The summed E-state index contributed by atoms with van der Waals surface area (Å²) in [7, 11) is 1.52. The Balaban J connectivity index is 1.54. The zero-order valence-electron chi connectivity index (χ0n) is 15.6. The summed E-state index contributed by atoms with van der Waals surface area (Å²) in [6.45, 7) is 0. The van der Waals surface area contributed by atoms with Gasteiger partial charge in [0.2, 0.25) is 0 Å². The molecule has 28 heavy (non-hydrogen) atoms. The lowest BCUT2D eigenvalue weighted by Gasteiger charge is -2.10. The molecule has 142 valence electrons. The largest absolute Gasteiger partial charge is 0.496 e. The van der Waals surface area contributed by atoms with Crippen LogP contribution in [0.1, 0.15) is 22.3 Å². The van der Waals surface area contributed by atoms with Gasteiger partial charge >= 0.3 is 5.97 Å². The van der Waals surface area contributed by atoms with Crippen LogP contribution in [0.2, 0.25) is 0 Å². The molecule has 0 aliphatic heterocycles. The van der Waals surface area contributed by atoms with Gasteiger partial charge in [0.25, 0.3) is 5.91 Å². The number of rotatable bonds is 7. The Morgan fingerprint density at radius 1 is 0.857 bits per heavy atom. The summed E-state index contributed by atoms with van der Waals surface area (Å²) in [5, 5.41) is 2.80. The molecule has 0 unspecified atom stereocenters. The molecule has 0 heterocycles. The molecule has 3 rings (SSSR count). The Bertz CT molecular complexity index is 936. The number of para-hydroxylation sites is 1. The fraction of sp³-hybridized carbons (Fsp3) is 0.130. The highest BCUT2D eigenvalue weighted by atomic mass is 16.5. The van der Waals surface area contributed by atoms with Crippen LogP contribution >= 0.6 is 0 Å². The fourth-order valence-electron chi connectivity index (χ4n) is 2.71. The summed E-state index contributed by atoms with van der Waals surface area (Å²) in [6, 6.07) is 23.5. The number of methoxy groups -OCH3 is 1. The van der Waals surface area contributed by atoms with E-state index in [1.165, 1.54) is 7.11 Å². The van der Waals surface area contributed by atoms with Gasteiger partial charge in [-0.2, -0.15) is 0 Å². The lowest BCUT2D eigenvalue weighted by atomic mass is 10.1. The molecule has 3 aromatic carbocycles. The number of nitrogens with one attached hydrogen (secondary N) is 1. The minimum Gasteiger partial charge on any atom is -0.496 e. The highest BCUT2D eigenvalue weighted by molar-refractivity contribution is 6.06. The van der Waals surface area contributed by atoms with Gasteiger partial charge in [0.1, 0.15) is 11.5 Å². The third-order valence-corrected chi connectivity index (χ3v) is 4.16. The number of benzene rings is 3. The van der Waals surface area contributed by atoms with Crippen molar-refractivity contribution in [2.75, 3.05) is 12.4 Å². The summed E-state index contributed by atoms with van der Waals surface area (Å²) in [4.78, 5) is 24.4. The molecule has 0 fully saturated rings. The van der Waals surface area contributed by atoms with Crippen LogP contribution in [0.15, 0.2) is 78.9 Å². The molecule has 0 saturated carbocycles. The number of ether oxygens (including phenoxy) is 2. The number of aryl methyl sites for hydroxylation is 1. The molecule has 5 nitrogen and oxygen atoms in total. The molecule has 0 aliphatic carbocycles. The number of carbonyl (C=O) groups excluding carboxylic acids is 2. The van der Waals surface area contributed by atoms with Gasteiger partial charge in [-0.15, -0.1) is 0 Å². The van der Waals surface area contributed by atoms with Gasteiger partial charge in [0, 0.05) is 12.1 Å². The maximum Gasteiger partial charge on any atom is 0.311 e. The molecule has 0 radical (unpaired) electrons. The SMILES string of the molecule is COc1ccccc1C(=O)Nc1ccc(OC(=O)CCc2ccccc2)cc1. The van der Waals surface area contributed by atoms with Crippen LogP contribution in [0.5, 0.6) is 11.5 Å². The first-order chi connectivity index (χ1) is 13.7. The quantitative estimate of drug-likeness (QED) is 0.488. The van der Waals surface area contributed by atoms with Crippen LogP contribution in [0.3, 0.4) is 0 Å². The van der Waals surface area contributed by atoms with Crippen molar-refractivity contribution >= 4 is 17.6 Å². The Hall–Kier alpha value is -3.60. The van der Waals surface area contributed by atoms with E-state index in [0.29, 0.717) is 35.6 Å². The molecule has 0 bridgehead atoms. The molecule has 0 aliphatic rings. The summed E-state index contributed by atoms with van der Waals surface area (Å²) in [6.07, 6.45) is 0.934. The zero-order chi connectivity index (χ0) is 19.8. The molecule has 0 atom stereocenters. The van der Waals surface area contributed by atoms with Gasteiger partial charge in [-0.3, -0.25) is 9.59 Å². The van der Waals surface area contributed by atoms with Crippen LogP contribution in [0, 0.1) is 0 Å². The topological polar surface area (TPSA) is 64.6 Å². The lowest BCUT2D eigenvalue weighted by molar-refractivity contribution is -0.134. The first-order valence-electron chi connectivity index (χ1n) is 8.95. The van der Waals surface area contributed by atoms with E-state index in [9.17, 15) is 9.59 Å². The number of amides is 1. The van der Waals surface area contributed by atoms with Crippen molar-refractivity contribution in [2.24, 2.45) is 0 Å². The predicted molar refractivity (Wildman–Crippen MR) is 108 cm³/mol. The summed E-state index contributed by atoms with van der Waals surface area (Å²) < 4.78 is 10.5. The van der Waals surface area contributed by atoms with E-state index in [4.69, 9.17) is 9.47 Å². The van der Waals surface area contributed by atoms with Crippen molar-refractivity contribution in [3.63, 3.8) is 0 Å². The molecule has 0 aromatic heterocycles. The van der Waals surface area contributed by atoms with Gasteiger partial charge in [-0.05, 0) is 48.4 Å². The first-order valence-corrected chi connectivity index (χ1v) is 8.95. The van der Waals surface area contributed by atoms with E-state index in [1.54, 1.807) is 48.5 Å². The van der Waals surface area contributed by atoms with Gasteiger partial charge in [-0.1, -0.05) is 42.5 Å². The second-order valence-corrected chi connectivity index (χ2v) is 6.14. The molecule has 0 spiro atoms. The summed E-state index contributed by atoms with van der Waals surface area (Å²) in [5.41, 5.74) is 2.13. The van der Waals surface area contributed by atoms with Crippen LogP contribution in [-0.2, 0) is 11.2 Å². The van der Waals surface area contributed by atoms with E-state index in [1.807, 2.05) is 30.3 Å². The maximum atomic E-state index is 12.4. The average molecular weight is 375 g/mol. The van der Waals surface area contributed by atoms with E-state index in [0.717, 1.165) is 5.56 Å². The highest BCUT2D eigenvalue weighted by Gasteiger charge is 2.12. The summed E-state index contributed by atoms with van der Waals surface area (Å²) >= 11 is 0. The monoisotopic (exact) mass is 375 g/mol. The van der Waals surface area contributed by atoms with Gasteiger partial charge in [0.05, 0.1) is 12.7 Å². The lowest BCUT2D eigenvalue weighted by Crippen LogP contribution is -2.13. The first kappa shape index (κ1) is 19.2. The minimum absolute atomic E-state index is 0.273. The van der Waals surface area contributed by atoms with Gasteiger partial charge < -0.3 is 14.8 Å². The smallest absolute Gasteiger partial charge is 0.311 e. The molecule has 3 aromatic rings. The third kappa shape index (κ3) is 5.20. The standard InChI is InChI=1S/C23H21NO4/c1-27-21-10-6-5-9-20(21)23(26)24-18-12-14-19(15-13-18)28-22(25)16-11-17-7-3-2-4-8-17/h2-10,12-15H,11,16H2,1H3,(H,24,26). The number of carbonyl (C=O) groups is 2. The third-order valence-electron chi connectivity index (χ3n) is 4.16. The van der Waals surface area contributed by atoms with Crippen molar-refractivity contribution in [3.8, 4) is 11.5 Å². The van der Waals surface area contributed by atoms with E-state index in [-0.39, 0.29) is 11.9 Å². The van der Waals surface area contributed by atoms with Crippen molar-refractivity contribution < 1.29 is 19.1 Å². The van der Waals surface area contributed by atoms with E-state index >= 15 is 0 Å². The van der Waals surface area contributed by atoms with Gasteiger partial charge in [-0.25, -0.2) is 0 Å². The second kappa shape index (κ2) is 9.37. The highest BCUT2D eigenvalue weighted by Crippen LogP contribution is 2.21. The van der Waals surface area contributed by atoms with Gasteiger partial charge in [0.15, 0.2) is 0 Å². The van der Waals surface area contributed by atoms with Crippen LogP contribution in [-0.4, -0.2) is 19.0 Å². The number of esters is 1. The van der Waals surface area contributed by atoms with Crippen LogP contribution in [0.25, 0.3) is 0 Å². The normalized spacial score (nSPS) is 10.2. The molecular formula is C23H21NO4. The molecule has 1 amide bonds. The minimum atomic E-state index is -0.297. The number of hydrogen-bond donors (Lipinski definition) is 1. The molecule has 0 saturated heterocycles. The Morgan fingerprint density at radius 2 is 1.54 bits per heavy atom. The number of anilines is 1. The average Bonchev–Trinajstić information content (AvgIpc) is 2.74. The van der Waals surface area contributed by atoms with Crippen molar-refractivity contribution in [3.05, 3.63) is 90.0 Å². The summed E-state index contributed by atoms with van der Waals surface area (Å²) in [5.74, 6) is 0.372. The molecule has 1 N–H and O–H groups in total. The fourth-order valence-corrected chi connectivity index (χ4v) is 2.71. The number of hydrogen-bond acceptors (Lipinski definition) is 4. The predicted octanol–water partition coefficient (Wildman–Crippen LogP) is 4.49. The maximum absolute atomic E-state index is 12.4. The van der Waals surface area contributed by atoms with Crippen molar-refractivity contribution in [1.82, 2.24) is 0 Å². The van der Waals surface area contributed by atoms with Crippen molar-refractivity contribution in [1.29, 1.82) is 0 Å². The molecular weight excluding hydrogens is 354 g/mol. The Morgan fingerprint density at radius 3 is 2.25 bits per heavy atom. The Labute approximate surface area is 163 Å². The van der Waals surface area contributed by atoms with Crippen molar-refractivity contribution in [2.45, 2.75) is 12.8 Å². The zero-order valence-corrected chi connectivity index (χ0v) is 15.6. The van der Waals surface area contributed by atoms with E-state index < -0.39 is 0 Å². The second-order valence-electron chi connectivity index (χ2n) is 6.14. The van der Waals surface area contributed by atoms with Crippen LogP contribution in [0.4, 0.5) is 5.69 Å².